The van der Waals surface area contributed by atoms with Gasteiger partial charge in [0.05, 0.1) is 16.6 Å². The van der Waals surface area contributed by atoms with E-state index in [1.165, 1.54) is 12.1 Å². The van der Waals surface area contributed by atoms with Gasteiger partial charge in [0.15, 0.2) is 0 Å². The Hall–Kier alpha value is -2.60. The summed E-state index contributed by atoms with van der Waals surface area (Å²) < 4.78 is 14.6. The summed E-state index contributed by atoms with van der Waals surface area (Å²) in [7, 11) is 0. The van der Waals surface area contributed by atoms with E-state index in [2.05, 4.69) is 10.3 Å². The van der Waals surface area contributed by atoms with Crippen molar-refractivity contribution in [2.24, 2.45) is 5.73 Å². The first-order valence-electron chi connectivity index (χ1n) is 7.39. The Bertz CT molecular complexity index is 893. The van der Waals surface area contributed by atoms with Gasteiger partial charge in [-0.15, -0.1) is 0 Å². The van der Waals surface area contributed by atoms with E-state index >= 15 is 0 Å². The quantitative estimate of drug-likeness (QED) is 0.693. The van der Waals surface area contributed by atoms with Gasteiger partial charge in [-0.05, 0) is 56.3 Å². The lowest BCUT2D eigenvalue weighted by atomic mass is 10.1. The predicted octanol–water partition coefficient (Wildman–Crippen LogP) is 2.91. The summed E-state index contributed by atoms with van der Waals surface area (Å²) in [5.41, 5.74) is 8.24. The molecule has 0 aliphatic heterocycles. The molecular weight excluding hydrogens is 295 g/mol. The summed E-state index contributed by atoms with van der Waals surface area (Å²) in [6.45, 7) is 4.20. The molecule has 2 aromatic carbocycles. The number of H-pyrrole nitrogens is 1. The molecule has 0 radical (unpaired) electrons. The zero-order valence-corrected chi connectivity index (χ0v) is 13.1. The third-order valence-electron chi connectivity index (χ3n) is 3.92. The van der Waals surface area contributed by atoms with Crippen LogP contribution in [0.4, 0.5) is 15.8 Å². The molecule has 3 aromatic rings. The van der Waals surface area contributed by atoms with E-state index in [0.29, 0.717) is 6.54 Å². The third-order valence-corrected chi connectivity index (χ3v) is 3.92. The molecule has 0 unspecified atom stereocenters. The fourth-order valence-electron chi connectivity index (χ4n) is 2.58. The second-order valence-electron chi connectivity index (χ2n) is 6.15. The number of halogens is 1. The molecule has 0 amide bonds. The van der Waals surface area contributed by atoms with Gasteiger partial charge in [-0.1, -0.05) is 0 Å². The number of anilines is 2. The van der Waals surface area contributed by atoms with Gasteiger partial charge in [-0.3, -0.25) is 4.57 Å². The number of nitrogens with one attached hydrogen (secondary N) is 2. The van der Waals surface area contributed by atoms with Crippen LogP contribution in [0, 0.1) is 5.82 Å². The molecule has 1 aromatic heterocycles. The van der Waals surface area contributed by atoms with Crippen molar-refractivity contribution >= 4 is 22.4 Å². The molecule has 3 rings (SSSR count). The SMILES string of the molecule is CC(C)(CN)n1c(=O)[nH]c2cc(Nc3ccc(F)cc3)ccc21. The van der Waals surface area contributed by atoms with Crippen molar-refractivity contribution in [2.75, 3.05) is 11.9 Å². The lowest BCUT2D eigenvalue weighted by molar-refractivity contribution is 0.367. The average Bonchev–Trinajstić information content (AvgIpc) is 2.85. The maximum atomic E-state index is 12.9. The van der Waals surface area contributed by atoms with E-state index in [1.807, 2.05) is 32.0 Å². The third kappa shape index (κ3) is 2.85. The minimum Gasteiger partial charge on any atom is -0.355 e. The summed E-state index contributed by atoms with van der Waals surface area (Å²) in [6.07, 6.45) is 0. The second kappa shape index (κ2) is 5.55. The first-order valence-corrected chi connectivity index (χ1v) is 7.39. The largest absolute Gasteiger partial charge is 0.355 e. The molecule has 5 nitrogen and oxygen atoms in total. The van der Waals surface area contributed by atoms with Crippen molar-refractivity contribution in [3.8, 4) is 0 Å². The molecule has 6 heteroatoms. The fourth-order valence-corrected chi connectivity index (χ4v) is 2.58. The standard InChI is InChI=1S/C17H19FN4O/c1-17(2,10-19)22-15-8-7-13(9-14(15)21-16(22)23)20-12-5-3-11(18)4-6-12/h3-9,20H,10,19H2,1-2H3,(H,21,23). The van der Waals surface area contributed by atoms with Gasteiger partial charge in [0, 0.05) is 17.9 Å². The Balaban J connectivity index is 2.00. The van der Waals surface area contributed by atoms with Crippen LogP contribution in [0.2, 0.25) is 0 Å². The van der Waals surface area contributed by atoms with E-state index in [9.17, 15) is 9.18 Å². The number of aromatic amines is 1. The molecule has 120 valence electrons. The molecular formula is C17H19FN4O. The number of nitrogens with two attached hydrogens (primary N) is 1. The molecule has 23 heavy (non-hydrogen) atoms. The molecule has 0 aliphatic rings. The molecule has 0 saturated heterocycles. The molecule has 1 heterocycles. The lowest BCUT2D eigenvalue weighted by Crippen LogP contribution is -2.40. The van der Waals surface area contributed by atoms with Gasteiger partial charge >= 0.3 is 5.69 Å². The highest BCUT2D eigenvalue weighted by atomic mass is 19.1. The van der Waals surface area contributed by atoms with Crippen molar-refractivity contribution in [1.29, 1.82) is 0 Å². The van der Waals surface area contributed by atoms with Crippen molar-refractivity contribution < 1.29 is 4.39 Å². The summed E-state index contributed by atoms with van der Waals surface area (Å²) in [5, 5.41) is 3.18. The monoisotopic (exact) mass is 314 g/mol. The zero-order valence-electron chi connectivity index (χ0n) is 13.1. The highest BCUT2D eigenvalue weighted by Crippen LogP contribution is 2.24. The minimum atomic E-state index is -0.471. The number of nitrogens with zero attached hydrogens (tertiary/aromatic N) is 1. The second-order valence-corrected chi connectivity index (χ2v) is 6.15. The van der Waals surface area contributed by atoms with Gasteiger partial charge in [-0.25, -0.2) is 9.18 Å². The van der Waals surface area contributed by atoms with E-state index in [-0.39, 0.29) is 11.5 Å². The lowest BCUT2D eigenvalue weighted by Gasteiger charge is -2.24. The molecule has 0 saturated carbocycles. The van der Waals surface area contributed by atoms with Crippen molar-refractivity contribution in [3.05, 3.63) is 58.8 Å². The first-order chi connectivity index (χ1) is 10.9. The summed E-state index contributed by atoms with van der Waals surface area (Å²) in [4.78, 5) is 15.1. The van der Waals surface area contributed by atoms with Gasteiger partial charge in [0.1, 0.15) is 5.82 Å². The summed E-state index contributed by atoms with van der Waals surface area (Å²) in [6, 6.07) is 11.7. The number of hydrogen-bond acceptors (Lipinski definition) is 3. The molecule has 0 atom stereocenters. The highest BCUT2D eigenvalue weighted by Gasteiger charge is 2.23. The van der Waals surface area contributed by atoms with Gasteiger partial charge < -0.3 is 16.0 Å². The van der Waals surface area contributed by atoms with Gasteiger partial charge in [0.2, 0.25) is 0 Å². The van der Waals surface area contributed by atoms with E-state index in [4.69, 9.17) is 5.73 Å². The number of rotatable bonds is 4. The van der Waals surface area contributed by atoms with Crippen LogP contribution in [0.25, 0.3) is 11.0 Å². The van der Waals surface area contributed by atoms with Crippen molar-refractivity contribution in [1.82, 2.24) is 9.55 Å². The average molecular weight is 314 g/mol. The molecule has 0 spiro atoms. The van der Waals surface area contributed by atoms with E-state index in [0.717, 1.165) is 22.4 Å². The minimum absolute atomic E-state index is 0.186. The smallest absolute Gasteiger partial charge is 0.327 e. The Morgan fingerprint density at radius 1 is 1.17 bits per heavy atom. The number of imidazole rings is 1. The van der Waals surface area contributed by atoms with Gasteiger partial charge in [0.25, 0.3) is 0 Å². The van der Waals surface area contributed by atoms with Crippen LogP contribution >= 0.6 is 0 Å². The predicted molar refractivity (Wildman–Crippen MR) is 90.6 cm³/mol. The zero-order chi connectivity index (χ0) is 16.6. The van der Waals surface area contributed by atoms with Crippen LogP contribution in [0.3, 0.4) is 0 Å². The van der Waals surface area contributed by atoms with E-state index < -0.39 is 5.54 Å². The summed E-state index contributed by atoms with van der Waals surface area (Å²) in [5.74, 6) is -0.281. The maximum Gasteiger partial charge on any atom is 0.327 e. The topological polar surface area (TPSA) is 75.8 Å². The van der Waals surface area contributed by atoms with Crippen LogP contribution in [0.5, 0.6) is 0 Å². The highest BCUT2D eigenvalue weighted by molar-refractivity contribution is 5.81. The number of benzene rings is 2. The summed E-state index contributed by atoms with van der Waals surface area (Å²) >= 11 is 0. The Morgan fingerprint density at radius 3 is 2.48 bits per heavy atom. The maximum absolute atomic E-state index is 12.9. The number of hydrogen-bond donors (Lipinski definition) is 3. The number of aromatic nitrogens is 2. The van der Waals surface area contributed by atoms with Gasteiger partial charge in [-0.2, -0.15) is 0 Å². The molecule has 0 bridgehead atoms. The number of fused-ring (bicyclic) bond motifs is 1. The first kappa shape index (κ1) is 15.3. The normalized spacial score (nSPS) is 11.8. The molecule has 4 N–H and O–H groups in total. The van der Waals surface area contributed by atoms with Crippen LogP contribution in [-0.4, -0.2) is 16.1 Å². The Labute approximate surface area is 132 Å². The Kier molecular flexibility index (Phi) is 3.69. The molecule has 0 fully saturated rings. The fraction of sp³-hybridized carbons (Fsp3) is 0.235. The van der Waals surface area contributed by atoms with Crippen molar-refractivity contribution in [3.63, 3.8) is 0 Å². The van der Waals surface area contributed by atoms with E-state index in [1.54, 1.807) is 16.7 Å². The van der Waals surface area contributed by atoms with Crippen LogP contribution in [0.1, 0.15) is 13.8 Å². The van der Waals surface area contributed by atoms with Crippen LogP contribution in [0.15, 0.2) is 47.3 Å². The van der Waals surface area contributed by atoms with Crippen LogP contribution < -0.4 is 16.7 Å². The van der Waals surface area contributed by atoms with Crippen LogP contribution in [-0.2, 0) is 5.54 Å². The molecule has 0 aliphatic carbocycles. The van der Waals surface area contributed by atoms with Crippen molar-refractivity contribution in [2.45, 2.75) is 19.4 Å². The Morgan fingerprint density at radius 2 is 1.83 bits per heavy atom.